The van der Waals surface area contributed by atoms with Gasteiger partial charge in [-0.1, -0.05) is 25.5 Å². The van der Waals surface area contributed by atoms with Crippen molar-refractivity contribution < 1.29 is 9.53 Å². The quantitative estimate of drug-likeness (QED) is 0.759. The summed E-state index contributed by atoms with van der Waals surface area (Å²) in [5.41, 5.74) is 1.50. The van der Waals surface area contributed by atoms with E-state index in [0.717, 1.165) is 37.1 Å². The fourth-order valence-corrected chi connectivity index (χ4v) is 2.39. The number of amides is 1. The summed E-state index contributed by atoms with van der Waals surface area (Å²) in [5, 5.41) is 2.91. The highest BCUT2D eigenvalue weighted by molar-refractivity contribution is 5.92. The minimum atomic E-state index is -0.185. The first-order chi connectivity index (χ1) is 12.1. The van der Waals surface area contributed by atoms with Crippen molar-refractivity contribution in [1.29, 1.82) is 0 Å². The largest absolute Gasteiger partial charge is 0.497 e. The van der Waals surface area contributed by atoms with Crippen LogP contribution in [0, 0.1) is 0 Å². The molecule has 0 saturated carbocycles. The number of hydrogen-bond donors (Lipinski definition) is 1. The Labute approximate surface area is 149 Å². The van der Waals surface area contributed by atoms with Crippen LogP contribution in [0.25, 0.3) is 0 Å². The van der Waals surface area contributed by atoms with Crippen molar-refractivity contribution in [1.82, 2.24) is 15.3 Å². The van der Waals surface area contributed by atoms with Gasteiger partial charge in [0, 0.05) is 26.3 Å². The summed E-state index contributed by atoms with van der Waals surface area (Å²) in [6.45, 7) is 3.55. The number of nitrogens with zero attached hydrogens (tertiary/aromatic N) is 3. The van der Waals surface area contributed by atoms with Gasteiger partial charge < -0.3 is 15.0 Å². The lowest BCUT2D eigenvalue weighted by molar-refractivity contribution is 0.0949. The molecule has 0 aliphatic heterocycles. The van der Waals surface area contributed by atoms with E-state index in [9.17, 15) is 4.79 Å². The van der Waals surface area contributed by atoms with Crippen molar-refractivity contribution in [2.75, 3.05) is 32.1 Å². The van der Waals surface area contributed by atoms with Gasteiger partial charge in [0.1, 0.15) is 11.4 Å². The standard InChI is InChI=1S/C19H26N4O2/c1-4-5-13-23(2)19-21-12-10-17(22-19)18(24)20-11-9-15-7-6-8-16(14-15)25-3/h6-8,10,12,14H,4-5,9,11,13H2,1-3H3,(H,20,24). The molecule has 0 spiro atoms. The number of nitrogens with one attached hydrogen (secondary N) is 1. The first-order valence-electron chi connectivity index (χ1n) is 8.59. The highest BCUT2D eigenvalue weighted by Gasteiger charge is 2.10. The highest BCUT2D eigenvalue weighted by atomic mass is 16.5. The van der Waals surface area contributed by atoms with Gasteiger partial charge in [-0.2, -0.15) is 0 Å². The van der Waals surface area contributed by atoms with Crippen LogP contribution in [0.2, 0.25) is 0 Å². The number of carbonyl (C=O) groups is 1. The molecule has 6 nitrogen and oxygen atoms in total. The van der Waals surface area contributed by atoms with Crippen molar-refractivity contribution in [2.24, 2.45) is 0 Å². The molecule has 1 N–H and O–H groups in total. The van der Waals surface area contributed by atoms with Crippen LogP contribution in [0.3, 0.4) is 0 Å². The van der Waals surface area contributed by atoms with E-state index in [2.05, 4.69) is 22.2 Å². The average Bonchev–Trinajstić information content (AvgIpc) is 2.66. The molecule has 2 rings (SSSR count). The van der Waals surface area contributed by atoms with Crippen molar-refractivity contribution in [3.8, 4) is 5.75 Å². The molecule has 0 aliphatic rings. The zero-order valence-electron chi connectivity index (χ0n) is 15.2. The van der Waals surface area contributed by atoms with E-state index >= 15 is 0 Å². The molecular weight excluding hydrogens is 316 g/mol. The third-order valence-corrected chi connectivity index (χ3v) is 3.90. The third kappa shape index (κ3) is 5.74. The number of rotatable bonds is 9. The zero-order valence-corrected chi connectivity index (χ0v) is 15.2. The number of ether oxygens (including phenoxy) is 1. The van der Waals surface area contributed by atoms with Gasteiger partial charge in [-0.15, -0.1) is 0 Å². The van der Waals surface area contributed by atoms with E-state index in [1.807, 2.05) is 36.2 Å². The second kappa shape index (κ2) is 9.61. The summed E-state index contributed by atoms with van der Waals surface area (Å²) in [6.07, 6.45) is 4.53. The number of anilines is 1. The van der Waals surface area contributed by atoms with Gasteiger partial charge in [0.05, 0.1) is 7.11 Å². The lowest BCUT2D eigenvalue weighted by atomic mass is 10.1. The van der Waals surface area contributed by atoms with Gasteiger partial charge in [-0.3, -0.25) is 4.79 Å². The smallest absolute Gasteiger partial charge is 0.270 e. The van der Waals surface area contributed by atoms with Crippen LogP contribution < -0.4 is 15.0 Å². The molecule has 134 valence electrons. The monoisotopic (exact) mass is 342 g/mol. The second-order valence-corrected chi connectivity index (χ2v) is 5.87. The van der Waals surface area contributed by atoms with E-state index in [0.29, 0.717) is 18.2 Å². The molecule has 0 unspecified atom stereocenters. The van der Waals surface area contributed by atoms with Crippen LogP contribution in [0.5, 0.6) is 5.75 Å². The molecule has 1 heterocycles. The van der Waals surface area contributed by atoms with Crippen molar-refractivity contribution in [3.05, 3.63) is 47.8 Å². The SMILES string of the molecule is CCCCN(C)c1nccc(C(=O)NCCc2cccc(OC)c2)n1. The lowest BCUT2D eigenvalue weighted by Crippen LogP contribution is -2.28. The molecule has 1 amide bonds. The molecule has 0 radical (unpaired) electrons. The summed E-state index contributed by atoms with van der Waals surface area (Å²) in [5.74, 6) is 1.21. The van der Waals surface area contributed by atoms with Gasteiger partial charge in [0.2, 0.25) is 5.95 Å². The van der Waals surface area contributed by atoms with E-state index < -0.39 is 0 Å². The predicted octanol–water partition coefficient (Wildman–Crippen LogP) is 2.69. The normalized spacial score (nSPS) is 10.4. The van der Waals surface area contributed by atoms with Crippen LogP contribution in [0.15, 0.2) is 36.5 Å². The third-order valence-electron chi connectivity index (χ3n) is 3.90. The van der Waals surface area contributed by atoms with Crippen molar-refractivity contribution in [3.63, 3.8) is 0 Å². The minimum absolute atomic E-state index is 0.185. The van der Waals surface area contributed by atoms with E-state index in [-0.39, 0.29) is 5.91 Å². The molecule has 0 saturated heterocycles. The van der Waals surface area contributed by atoms with E-state index in [4.69, 9.17) is 4.74 Å². The van der Waals surface area contributed by atoms with Crippen LogP contribution in [0.4, 0.5) is 5.95 Å². The number of unbranched alkanes of at least 4 members (excludes halogenated alkanes) is 1. The van der Waals surface area contributed by atoms with Crippen LogP contribution in [0.1, 0.15) is 35.8 Å². The summed E-state index contributed by atoms with van der Waals surface area (Å²) < 4.78 is 5.21. The summed E-state index contributed by atoms with van der Waals surface area (Å²) in [6, 6.07) is 9.47. The van der Waals surface area contributed by atoms with Gasteiger partial charge in [-0.25, -0.2) is 9.97 Å². The average molecular weight is 342 g/mol. The number of benzene rings is 1. The molecule has 1 aromatic carbocycles. The second-order valence-electron chi connectivity index (χ2n) is 5.87. The Hall–Kier alpha value is -2.63. The first-order valence-corrected chi connectivity index (χ1v) is 8.59. The first kappa shape index (κ1) is 18.7. The molecule has 25 heavy (non-hydrogen) atoms. The topological polar surface area (TPSA) is 67.4 Å². The molecule has 0 fully saturated rings. The Bertz CT molecular complexity index is 691. The Balaban J connectivity index is 1.90. The van der Waals surface area contributed by atoms with Crippen molar-refractivity contribution >= 4 is 11.9 Å². The van der Waals surface area contributed by atoms with Gasteiger partial charge in [0.15, 0.2) is 0 Å². The predicted molar refractivity (Wildman–Crippen MR) is 99.2 cm³/mol. The van der Waals surface area contributed by atoms with Crippen LogP contribution in [-0.2, 0) is 6.42 Å². The fourth-order valence-electron chi connectivity index (χ4n) is 2.39. The summed E-state index contributed by atoms with van der Waals surface area (Å²) >= 11 is 0. The maximum atomic E-state index is 12.3. The maximum absolute atomic E-state index is 12.3. The van der Waals surface area contributed by atoms with E-state index in [1.54, 1.807) is 19.4 Å². The van der Waals surface area contributed by atoms with Crippen LogP contribution in [-0.4, -0.2) is 43.1 Å². The number of carbonyl (C=O) groups excluding carboxylic acids is 1. The van der Waals surface area contributed by atoms with Gasteiger partial charge in [-0.05, 0) is 36.6 Å². The fraction of sp³-hybridized carbons (Fsp3) is 0.421. The maximum Gasteiger partial charge on any atom is 0.270 e. The zero-order chi connectivity index (χ0) is 18.1. The Kier molecular flexibility index (Phi) is 7.19. The van der Waals surface area contributed by atoms with E-state index in [1.165, 1.54) is 0 Å². The number of hydrogen-bond acceptors (Lipinski definition) is 5. The molecule has 0 atom stereocenters. The molecular formula is C19H26N4O2. The Morgan fingerprint density at radius 3 is 2.92 bits per heavy atom. The minimum Gasteiger partial charge on any atom is -0.497 e. The molecule has 0 aliphatic carbocycles. The summed E-state index contributed by atoms with van der Waals surface area (Å²) in [7, 11) is 3.58. The highest BCUT2D eigenvalue weighted by Crippen LogP contribution is 2.12. The van der Waals surface area contributed by atoms with Crippen molar-refractivity contribution in [2.45, 2.75) is 26.2 Å². The van der Waals surface area contributed by atoms with Gasteiger partial charge in [0.25, 0.3) is 5.91 Å². The number of methoxy groups -OCH3 is 1. The molecule has 6 heteroatoms. The molecule has 2 aromatic rings. The summed E-state index contributed by atoms with van der Waals surface area (Å²) in [4.78, 5) is 22.9. The number of aromatic nitrogens is 2. The Morgan fingerprint density at radius 1 is 1.32 bits per heavy atom. The molecule has 1 aromatic heterocycles. The van der Waals surface area contributed by atoms with Crippen LogP contribution >= 0.6 is 0 Å². The van der Waals surface area contributed by atoms with Gasteiger partial charge >= 0.3 is 0 Å². The lowest BCUT2D eigenvalue weighted by Gasteiger charge is -2.16. The Morgan fingerprint density at radius 2 is 2.16 bits per heavy atom. The molecule has 0 bridgehead atoms.